The first-order valence-electron chi connectivity index (χ1n) is 13.8. The topological polar surface area (TPSA) is 92.9 Å². The van der Waals surface area contributed by atoms with E-state index in [1.165, 1.54) is 12.0 Å². The van der Waals surface area contributed by atoms with Crippen LogP contribution >= 0.6 is 11.3 Å². The molecule has 5 rings (SSSR count). The molecule has 0 radical (unpaired) electrons. The zero-order valence-electron chi connectivity index (χ0n) is 23.7. The minimum atomic E-state index is -0.185. The maximum Gasteiger partial charge on any atom is 0.251 e. The number of amides is 1. The standard InChI is InChI=1S/C33H37N5OS/c1-21-14-27(15-22(2)36-21)24-10-6-11-25(16-24)30-19-40-32(38-30)37-29(23-8-5-9-23)18-35-31(39)26-12-7-13-28(17-26)33(3,4)20-34/h6-7,10-17,19H,5,8-9,18,20,34H2,1-4H3,(H,35,39)(H,37,38). The molecular formula is C33H37N5OS. The van der Waals surface area contributed by atoms with Crippen LogP contribution in [0.25, 0.3) is 22.4 Å². The van der Waals surface area contributed by atoms with E-state index in [0.717, 1.165) is 63.0 Å². The molecule has 0 saturated heterocycles. The average molecular weight is 552 g/mol. The molecule has 1 aliphatic rings. The third-order valence-electron chi connectivity index (χ3n) is 7.56. The highest BCUT2D eigenvalue weighted by Crippen LogP contribution is 2.33. The Bertz CT molecular complexity index is 1540. The molecule has 7 heteroatoms. The number of nitrogens with zero attached hydrogens (tertiary/aromatic N) is 2. The van der Waals surface area contributed by atoms with Crippen molar-refractivity contribution in [3.05, 3.63) is 99.8 Å². The largest absolute Gasteiger partial charge is 0.346 e. The SMILES string of the molecule is Cc1cc(-c2cccc(-c3csc(NC(CNC(=O)c4cccc(C(C)(C)CN)c4)=C4CCC4)n3)c2)cc(C)n1. The van der Waals surface area contributed by atoms with E-state index in [1.54, 1.807) is 11.3 Å². The molecule has 1 aliphatic carbocycles. The van der Waals surface area contributed by atoms with Crippen molar-refractivity contribution >= 4 is 22.4 Å². The van der Waals surface area contributed by atoms with Crippen LogP contribution in [-0.4, -0.2) is 29.0 Å². The van der Waals surface area contributed by atoms with Gasteiger partial charge in [0.05, 0.1) is 12.2 Å². The highest BCUT2D eigenvalue weighted by atomic mass is 32.1. The maximum atomic E-state index is 13.1. The lowest BCUT2D eigenvalue weighted by Gasteiger charge is -2.24. The van der Waals surface area contributed by atoms with Gasteiger partial charge in [0.2, 0.25) is 0 Å². The third-order valence-corrected chi connectivity index (χ3v) is 8.32. The molecule has 2 aromatic heterocycles. The molecule has 1 saturated carbocycles. The van der Waals surface area contributed by atoms with Gasteiger partial charge in [-0.3, -0.25) is 9.78 Å². The smallest absolute Gasteiger partial charge is 0.251 e. The minimum Gasteiger partial charge on any atom is -0.346 e. The van der Waals surface area contributed by atoms with Gasteiger partial charge < -0.3 is 16.4 Å². The van der Waals surface area contributed by atoms with Crippen LogP contribution in [0.15, 0.2) is 77.3 Å². The average Bonchev–Trinajstić information content (AvgIpc) is 3.39. The summed E-state index contributed by atoms with van der Waals surface area (Å²) in [6, 6.07) is 20.4. The predicted molar refractivity (Wildman–Crippen MR) is 166 cm³/mol. The summed E-state index contributed by atoms with van der Waals surface area (Å²) in [4.78, 5) is 22.5. The second kappa shape index (κ2) is 11.7. The second-order valence-electron chi connectivity index (χ2n) is 11.2. The van der Waals surface area contributed by atoms with Crippen molar-refractivity contribution in [2.75, 3.05) is 18.4 Å². The van der Waals surface area contributed by atoms with Crippen molar-refractivity contribution in [1.82, 2.24) is 15.3 Å². The Balaban J connectivity index is 1.29. The number of benzene rings is 2. The number of aromatic nitrogens is 2. The first kappa shape index (κ1) is 27.7. The molecule has 0 unspecified atom stereocenters. The molecular weight excluding hydrogens is 514 g/mol. The Labute approximate surface area is 240 Å². The summed E-state index contributed by atoms with van der Waals surface area (Å²) in [6.45, 7) is 9.18. The molecule has 2 heterocycles. The summed E-state index contributed by atoms with van der Waals surface area (Å²) < 4.78 is 0. The zero-order valence-corrected chi connectivity index (χ0v) is 24.5. The van der Waals surface area contributed by atoms with Crippen molar-refractivity contribution in [1.29, 1.82) is 0 Å². The fraction of sp³-hybridized carbons (Fsp3) is 0.303. The Hall–Kier alpha value is -3.81. The normalized spacial score (nSPS) is 13.1. The second-order valence-corrected chi connectivity index (χ2v) is 12.0. The molecule has 40 heavy (non-hydrogen) atoms. The predicted octanol–water partition coefficient (Wildman–Crippen LogP) is 7.01. The first-order valence-corrected chi connectivity index (χ1v) is 14.7. The van der Waals surface area contributed by atoms with Crippen LogP contribution < -0.4 is 16.4 Å². The van der Waals surface area contributed by atoms with E-state index in [1.807, 2.05) is 38.1 Å². The first-order chi connectivity index (χ1) is 19.2. The van der Waals surface area contributed by atoms with Gasteiger partial charge in [0.25, 0.3) is 5.91 Å². The van der Waals surface area contributed by atoms with Gasteiger partial charge in [-0.15, -0.1) is 11.3 Å². The molecule has 6 nitrogen and oxygen atoms in total. The van der Waals surface area contributed by atoms with E-state index in [9.17, 15) is 4.79 Å². The monoisotopic (exact) mass is 551 g/mol. The van der Waals surface area contributed by atoms with Crippen molar-refractivity contribution < 1.29 is 4.79 Å². The molecule has 4 aromatic rings. The van der Waals surface area contributed by atoms with E-state index in [4.69, 9.17) is 10.7 Å². The summed E-state index contributed by atoms with van der Waals surface area (Å²) in [5, 5.41) is 9.56. The fourth-order valence-corrected chi connectivity index (χ4v) is 5.58. The Morgan fingerprint density at radius 1 is 0.950 bits per heavy atom. The van der Waals surface area contributed by atoms with Crippen molar-refractivity contribution in [3.8, 4) is 22.4 Å². The Morgan fingerprint density at radius 3 is 2.38 bits per heavy atom. The number of nitrogens with one attached hydrogen (secondary N) is 2. The molecule has 0 atom stereocenters. The number of nitrogens with two attached hydrogens (primary N) is 1. The molecule has 2 aromatic carbocycles. The number of anilines is 1. The maximum absolute atomic E-state index is 13.1. The van der Waals surface area contributed by atoms with Gasteiger partial charge >= 0.3 is 0 Å². The number of allylic oxidation sites excluding steroid dienone is 1. The number of hydrogen-bond acceptors (Lipinski definition) is 6. The number of rotatable bonds is 9. The molecule has 1 amide bonds. The fourth-order valence-electron chi connectivity index (χ4n) is 4.83. The quantitative estimate of drug-likeness (QED) is 0.208. The van der Waals surface area contributed by atoms with E-state index in [0.29, 0.717) is 18.7 Å². The van der Waals surface area contributed by atoms with Crippen LogP contribution in [0.1, 0.15) is 60.4 Å². The number of aryl methyl sites for hydroxylation is 2. The molecule has 0 spiro atoms. The molecule has 0 bridgehead atoms. The van der Waals surface area contributed by atoms with Crippen molar-refractivity contribution in [3.63, 3.8) is 0 Å². The highest BCUT2D eigenvalue weighted by molar-refractivity contribution is 7.14. The van der Waals surface area contributed by atoms with Gasteiger partial charge in [0.15, 0.2) is 5.13 Å². The Morgan fingerprint density at radius 2 is 1.68 bits per heavy atom. The third kappa shape index (κ3) is 6.32. The molecule has 1 fully saturated rings. The summed E-state index contributed by atoms with van der Waals surface area (Å²) in [5.41, 5.74) is 16.2. The molecule has 4 N–H and O–H groups in total. The van der Waals surface area contributed by atoms with Crippen LogP contribution in [0.5, 0.6) is 0 Å². The van der Waals surface area contributed by atoms with Gasteiger partial charge in [0, 0.05) is 45.6 Å². The lowest BCUT2D eigenvalue weighted by molar-refractivity contribution is 0.0957. The lowest BCUT2D eigenvalue weighted by atomic mass is 9.84. The van der Waals surface area contributed by atoms with Crippen molar-refractivity contribution in [2.45, 2.75) is 52.4 Å². The summed E-state index contributed by atoms with van der Waals surface area (Å²) in [6.07, 6.45) is 3.27. The summed E-state index contributed by atoms with van der Waals surface area (Å²) in [5.74, 6) is -0.0906. The van der Waals surface area contributed by atoms with E-state index in [2.05, 4.69) is 71.2 Å². The highest BCUT2D eigenvalue weighted by Gasteiger charge is 2.21. The van der Waals surface area contributed by atoms with Crippen LogP contribution in [0.3, 0.4) is 0 Å². The number of pyridine rings is 1. The van der Waals surface area contributed by atoms with Gasteiger partial charge in [0.1, 0.15) is 0 Å². The van der Waals surface area contributed by atoms with Gasteiger partial charge in [-0.05, 0) is 85.7 Å². The van der Waals surface area contributed by atoms with E-state index < -0.39 is 0 Å². The van der Waals surface area contributed by atoms with Crippen LogP contribution in [0.2, 0.25) is 0 Å². The number of carbonyl (C=O) groups is 1. The minimum absolute atomic E-state index is 0.0906. The number of thiazole rings is 1. The van der Waals surface area contributed by atoms with Gasteiger partial charge in [-0.1, -0.05) is 44.2 Å². The van der Waals surface area contributed by atoms with Crippen molar-refractivity contribution in [2.24, 2.45) is 5.73 Å². The van der Waals surface area contributed by atoms with Crippen LogP contribution in [0, 0.1) is 13.8 Å². The summed E-state index contributed by atoms with van der Waals surface area (Å²) in [7, 11) is 0. The number of carbonyl (C=O) groups excluding carboxylic acids is 1. The molecule has 0 aliphatic heterocycles. The van der Waals surface area contributed by atoms with Crippen LogP contribution in [-0.2, 0) is 5.41 Å². The van der Waals surface area contributed by atoms with Gasteiger partial charge in [-0.25, -0.2) is 4.98 Å². The Kier molecular flexibility index (Phi) is 8.14. The molecule has 206 valence electrons. The van der Waals surface area contributed by atoms with Gasteiger partial charge in [-0.2, -0.15) is 0 Å². The van der Waals surface area contributed by atoms with E-state index >= 15 is 0 Å². The zero-order chi connectivity index (χ0) is 28.3. The number of hydrogen-bond donors (Lipinski definition) is 3. The summed E-state index contributed by atoms with van der Waals surface area (Å²) >= 11 is 1.58. The lowest BCUT2D eigenvalue weighted by Crippen LogP contribution is -2.31. The van der Waals surface area contributed by atoms with Crippen LogP contribution in [0.4, 0.5) is 5.13 Å². The van der Waals surface area contributed by atoms with E-state index in [-0.39, 0.29) is 11.3 Å².